The first-order chi connectivity index (χ1) is 11.1. The second-order valence-electron chi connectivity index (χ2n) is 6.93. The maximum atomic E-state index is 11.2. The summed E-state index contributed by atoms with van der Waals surface area (Å²) in [6.45, 7) is 7.77. The number of carbonyl (C=O) groups excluding carboxylic acids is 1. The molecule has 0 radical (unpaired) electrons. The molecule has 1 fully saturated rings. The largest absolute Gasteiger partial charge is 0.496 e. The Morgan fingerprint density at radius 1 is 1.25 bits per heavy atom. The highest BCUT2D eigenvalue weighted by Crippen LogP contribution is 2.36. The van der Waals surface area contributed by atoms with E-state index >= 15 is 0 Å². The molecule has 2 atom stereocenters. The van der Waals surface area contributed by atoms with Gasteiger partial charge in [0, 0.05) is 23.4 Å². The monoisotopic (exact) mass is 337 g/mol. The third-order valence-electron chi connectivity index (χ3n) is 4.62. The lowest BCUT2D eigenvalue weighted by Gasteiger charge is -2.32. The summed E-state index contributed by atoms with van der Waals surface area (Å²) < 4.78 is 16.4. The van der Waals surface area contributed by atoms with E-state index in [-0.39, 0.29) is 6.42 Å². The van der Waals surface area contributed by atoms with Crippen LogP contribution < -0.4 is 5.46 Å². The minimum atomic E-state index is -1.28. The summed E-state index contributed by atoms with van der Waals surface area (Å²) in [5, 5.41) is 20.2. The number of methoxy groups -OCH3 is 1. The van der Waals surface area contributed by atoms with Gasteiger partial charge in [0.05, 0.1) is 30.8 Å². The van der Waals surface area contributed by atoms with Crippen LogP contribution in [0.5, 0.6) is 0 Å². The number of rotatable bonds is 5. The lowest BCUT2D eigenvalue weighted by Crippen LogP contribution is -2.41. The Hall–Kier alpha value is -1.48. The first-order valence-electron chi connectivity index (χ1n) is 7.81. The van der Waals surface area contributed by atoms with Gasteiger partial charge in [0.15, 0.2) is 0 Å². The summed E-state index contributed by atoms with van der Waals surface area (Å²) in [5.74, 6) is -0.600. The van der Waals surface area contributed by atoms with Crippen molar-refractivity contribution in [3.05, 3.63) is 24.0 Å². The summed E-state index contributed by atoms with van der Waals surface area (Å²) in [5.41, 5.74) is 0.0296. The summed E-state index contributed by atoms with van der Waals surface area (Å²) in [4.78, 5) is 15.3. The summed E-state index contributed by atoms with van der Waals surface area (Å²) in [6, 6.07) is 1.65. The molecule has 0 aromatic carbocycles. The highest BCUT2D eigenvalue weighted by Gasteiger charge is 2.51. The third kappa shape index (κ3) is 3.78. The number of hydrogen-bond donors (Lipinski definition) is 2. The van der Waals surface area contributed by atoms with E-state index in [1.54, 1.807) is 12.3 Å². The lowest BCUT2D eigenvalue weighted by atomic mass is 9.79. The number of hydrogen-bond acceptors (Lipinski definition) is 7. The average molecular weight is 337 g/mol. The summed E-state index contributed by atoms with van der Waals surface area (Å²) in [7, 11) is 0.606. The fraction of sp³-hybridized carbons (Fsp3) is 0.625. The van der Waals surface area contributed by atoms with Crippen LogP contribution in [-0.4, -0.2) is 52.7 Å². The average Bonchev–Trinajstić information content (AvgIpc) is 2.74. The van der Waals surface area contributed by atoms with Crippen LogP contribution >= 0.6 is 0 Å². The third-order valence-corrected chi connectivity index (χ3v) is 4.62. The van der Waals surface area contributed by atoms with Gasteiger partial charge in [0.25, 0.3) is 0 Å². The van der Waals surface area contributed by atoms with Gasteiger partial charge in [-0.15, -0.1) is 0 Å². The van der Waals surface area contributed by atoms with Gasteiger partial charge in [-0.3, -0.25) is 9.78 Å². The molecule has 2 unspecified atom stereocenters. The first-order valence-corrected chi connectivity index (χ1v) is 7.81. The molecular weight excluding hydrogens is 313 g/mol. The smallest absolute Gasteiger partial charge is 0.469 e. The minimum Gasteiger partial charge on any atom is -0.469 e. The fourth-order valence-corrected chi connectivity index (χ4v) is 2.33. The second kappa shape index (κ2) is 6.80. The topological polar surface area (TPSA) is 98.1 Å². The molecule has 2 heterocycles. The maximum Gasteiger partial charge on any atom is 0.496 e. The Bertz CT molecular complexity index is 590. The Kier molecular flexibility index (Phi) is 5.34. The lowest BCUT2D eigenvalue weighted by molar-refractivity contribution is -0.144. The molecule has 0 bridgehead atoms. The number of aliphatic hydroxyl groups is 2. The van der Waals surface area contributed by atoms with E-state index in [0.29, 0.717) is 11.0 Å². The molecule has 132 valence electrons. The first kappa shape index (κ1) is 18.9. The van der Waals surface area contributed by atoms with E-state index < -0.39 is 36.5 Å². The van der Waals surface area contributed by atoms with Crippen molar-refractivity contribution in [2.45, 2.75) is 57.5 Å². The van der Waals surface area contributed by atoms with Crippen LogP contribution in [0.1, 0.15) is 45.8 Å². The van der Waals surface area contributed by atoms with Gasteiger partial charge in [-0.05, 0) is 27.7 Å². The van der Waals surface area contributed by atoms with Crippen molar-refractivity contribution in [1.29, 1.82) is 0 Å². The molecule has 2 N–H and O–H groups in total. The Labute approximate surface area is 142 Å². The number of ether oxygens (including phenoxy) is 1. The quantitative estimate of drug-likeness (QED) is 0.590. The standard InChI is InChI=1S/C16H24BNO6/c1-15(2)16(3,4)24-17(23-15)11-6-10(8-18-9-11)14(21)12(19)7-13(20)22-5/h6,8-9,12,14,19,21H,7H2,1-5H3. The van der Waals surface area contributed by atoms with Crippen LogP contribution in [0.25, 0.3) is 0 Å². The van der Waals surface area contributed by atoms with Gasteiger partial charge >= 0.3 is 13.1 Å². The number of esters is 1. The molecule has 8 heteroatoms. The van der Waals surface area contributed by atoms with Gasteiger partial charge in [0.1, 0.15) is 6.10 Å². The van der Waals surface area contributed by atoms with Crippen molar-refractivity contribution in [3.63, 3.8) is 0 Å². The highest BCUT2D eigenvalue weighted by molar-refractivity contribution is 6.62. The zero-order chi connectivity index (χ0) is 18.1. The maximum absolute atomic E-state index is 11.2. The zero-order valence-electron chi connectivity index (χ0n) is 14.6. The van der Waals surface area contributed by atoms with Gasteiger partial charge in [-0.2, -0.15) is 0 Å². The molecule has 1 aliphatic rings. The van der Waals surface area contributed by atoms with Crippen molar-refractivity contribution < 1.29 is 29.1 Å². The van der Waals surface area contributed by atoms with Crippen LogP contribution in [0.2, 0.25) is 0 Å². The molecule has 0 saturated carbocycles. The van der Waals surface area contributed by atoms with Crippen molar-refractivity contribution in [2.24, 2.45) is 0 Å². The van der Waals surface area contributed by atoms with E-state index in [2.05, 4.69) is 9.72 Å². The molecule has 0 amide bonds. The van der Waals surface area contributed by atoms with Crippen molar-refractivity contribution in [1.82, 2.24) is 4.98 Å². The van der Waals surface area contributed by atoms with E-state index in [0.717, 1.165) is 0 Å². The normalized spacial score (nSPS) is 21.4. The summed E-state index contributed by atoms with van der Waals surface area (Å²) in [6.07, 6.45) is 0.162. The number of pyridine rings is 1. The van der Waals surface area contributed by atoms with Crippen molar-refractivity contribution in [2.75, 3.05) is 7.11 Å². The van der Waals surface area contributed by atoms with Gasteiger partial charge in [-0.1, -0.05) is 6.07 Å². The zero-order valence-corrected chi connectivity index (χ0v) is 14.6. The predicted octanol–water partition coefficient (Wildman–Crippen LogP) is 0.338. The SMILES string of the molecule is COC(=O)CC(O)C(O)c1cncc(B2OC(C)(C)C(C)(C)O2)c1. The molecule has 1 aliphatic heterocycles. The minimum absolute atomic E-state index is 0.307. The second-order valence-corrected chi connectivity index (χ2v) is 6.93. The molecule has 1 aromatic rings. The van der Waals surface area contributed by atoms with Crippen molar-refractivity contribution >= 4 is 18.6 Å². The fourth-order valence-electron chi connectivity index (χ4n) is 2.33. The van der Waals surface area contributed by atoms with E-state index in [1.807, 2.05) is 27.7 Å². The number of aliphatic hydroxyl groups excluding tert-OH is 2. The number of aromatic nitrogens is 1. The van der Waals surface area contributed by atoms with Crippen LogP contribution in [-0.2, 0) is 18.8 Å². The van der Waals surface area contributed by atoms with Gasteiger partial charge in [-0.25, -0.2) is 0 Å². The molecule has 0 spiro atoms. The number of carbonyl (C=O) groups is 1. The Balaban J connectivity index is 2.16. The van der Waals surface area contributed by atoms with Gasteiger partial charge in [0.2, 0.25) is 0 Å². The molecule has 1 aromatic heterocycles. The van der Waals surface area contributed by atoms with E-state index in [1.165, 1.54) is 13.3 Å². The van der Waals surface area contributed by atoms with Gasteiger partial charge < -0.3 is 24.3 Å². The molecule has 7 nitrogen and oxygen atoms in total. The van der Waals surface area contributed by atoms with Crippen molar-refractivity contribution in [3.8, 4) is 0 Å². The van der Waals surface area contributed by atoms with E-state index in [9.17, 15) is 15.0 Å². The van der Waals surface area contributed by atoms with Crippen LogP contribution in [0.15, 0.2) is 18.5 Å². The Morgan fingerprint density at radius 3 is 2.38 bits per heavy atom. The predicted molar refractivity (Wildman–Crippen MR) is 87.6 cm³/mol. The molecule has 24 heavy (non-hydrogen) atoms. The van der Waals surface area contributed by atoms with Crippen LogP contribution in [0.3, 0.4) is 0 Å². The molecule has 0 aliphatic carbocycles. The Morgan fingerprint density at radius 2 is 1.83 bits per heavy atom. The highest BCUT2D eigenvalue weighted by atomic mass is 16.7. The molecular formula is C16H24BNO6. The molecule has 2 rings (SSSR count). The van der Waals surface area contributed by atoms with Crippen LogP contribution in [0, 0.1) is 0 Å². The summed E-state index contributed by atoms with van der Waals surface area (Å²) >= 11 is 0. The number of nitrogens with zero attached hydrogens (tertiary/aromatic N) is 1. The van der Waals surface area contributed by atoms with E-state index in [4.69, 9.17) is 9.31 Å². The van der Waals surface area contributed by atoms with Crippen LogP contribution in [0.4, 0.5) is 0 Å². The molecule has 1 saturated heterocycles.